The first-order chi connectivity index (χ1) is 13.3. The quantitative estimate of drug-likeness (QED) is 0.871. The molecule has 6 nitrogen and oxygen atoms in total. The molecule has 0 radical (unpaired) electrons. The maximum atomic E-state index is 12.5. The monoisotopic (exact) mass is 369 g/mol. The largest absolute Gasteiger partial charge is 0.491 e. The van der Waals surface area contributed by atoms with Gasteiger partial charge >= 0.3 is 0 Å². The Bertz CT molecular complexity index is 784. The second-order valence-electron chi connectivity index (χ2n) is 6.64. The standard InChI is InChI=1S/C21H23NO5/c23-21(22-16-6-9-19-20(13-16)26-12-2-11-25-19)15-4-7-17(8-5-15)27-14-18-3-1-10-24-18/h4-9,13,18H,1-3,10-12,14H2,(H,22,23). The van der Waals surface area contributed by atoms with Crippen LogP contribution in [0.5, 0.6) is 17.2 Å². The summed E-state index contributed by atoms with van der Waals surface area (Å²) in [7, 11) is 0. The van der Waals surface area contributed by atoms with E-state index in [0.717, 1.165) is 31.6 Å². The van der Waals surface area contributed by atoms with Crippen LogP contribution >= 0.6 is 0 Å². The Morgan fingerprint density at radius 2 is 1.81 bits per heavy atom. The van der Waals surface area contributed by atoms with Crippen molar-refractivity contribution in [3.8, 4) is 17.2 Å². The number of ether oxygens (including phenoxy) is 4. The number of hydrogen-bond donors (Lipinski definition) is 1. The molecule has 142 valence electrons. The van der Waals surface area contributed by atoms with Crippen LogP contribution in [0.4, 0.5) is 5.69 Å². The van der Waals surface area contributed by atoms with Gasteiger partial charge in [-0.1, -0.05) is 0 Å². The highest BCUT2D eigenvalue weighted by Crippen LogP contribution is 2.32. The number of rotatable bonds is 5. The molecule has 1 N–H and O–H groups in total. The predicted octanol–water partition coefficient (Wildman–Crippen LogP) is 3.66. The Balaban J connectivity index is 1.35. The van der Waals surface area contributed by atoms with Crippen molar-refractivity contribution in [1.82, 2.24) is 0 Å². The van der Waals surface area contributed by atoms with Crippen molar-refractivity contribution in [2.24, 2.45) is 0 Å². The van der Waals surface area contributed by atoms with Crippen LogP contribution in [0.2, 0.25) is 0 Å². The summed E-state index contributed by atoms with van der Waals surface area (Å²) in [4.78, 5) is 12.5. The fraction of sp³-hybridized carbons (Fsp3) is 0.381. The molecule has 4 rings (SSSR count). The number of benzene rings is 2. The molecule has 0 aromatic heterocycles. The molecule has 1 unspecified atom stereocenters. The molecule has 1 fully saturated rings. The van der Waals surface area contributed by atoms with Gasteiger partial charge in [-0.3, -0.25) is 4.79 Å². The zero-order valence-corrected chi connectivity index (χ0v) is 15.1. The molecule has 0 aliphatic carbocycles. The highest BCUT2D eigenvalue weighted by molar-refractivity contribution is 6.04. The Hall–Kier alpha value is -2.73. The van der Waals surface area contributed by atoms with E-state index in [1.54, 1.807) is 30.3 Å². The number of hydrogen-bond acceptors (Lipinski definition) is 5. The van der Waals surface area contributed by atoms with E-state index >= 15 is 0 Å². The molecule has 2 aromatic rings. The molecule has 1 atom stereocenters. The summed E-state index contributed by atoms with van der Waals surface area (Å²) in [5.74, 6) is 1.91. The van der Waals surface area contributed by atoms with Crippen molar-refractivity contribution >= 4 is 11.6 Å². The highest BCUT2D eigenvalue weighted by atomic mass is 16.5. The first kappa shape index (κ1) is 17.7. The number of nitrogens with one attached hydrogen (secondary N) is 1. The average Bonchev–Trinajstić information content (AvgIpc) is 3.11. The normalized spacial score (nSPS) is 18.6. The van der Waals surface area contributed by atoms with E-state index < -0.39 is 0 Å². The summed E-state index contributed by atoms with van der Waals surface area (Å²) < 4.78 is 22.5. The number of carbonyl (C=O) groups is 1. The van der Waals surface area contributed by atoms with Crippen LogP contribution in [0, 0.1) is 0 Å². The van der Waals surface area contributed by atoms with Crippen LogP contribution in [-0.4, -0.2) is 38.4 Å². The van der Waals surface area contributed by atoms with Crippen molar-refractivity contribution in [3.63, 3.8) is 0 Å². The van der Waals surface area contributed by atoms with Gasteiger partial charge in [-0.15, -0.1) is 0 Å². The number of anilines is 1. The van der Waals surface area contributed by atoms with Gasteiger partial charge in [-0.05, 0) is 49.2 Å². The van der Waals surface area contributed by atoms with E-state index in [1.807, 2.05) is 12.1 Å². The third-order valence-corrected chi connectivity index (χ3v) is 4.58. The lowest BCUT2D eigenvalue weighted by Gasteiger charge is -2.12. The third kappa shape index (κ3) is 4.52. The maximum Gasteiger partial charge on any atom is 0.255 e. The SMILES string of the molecule is O=C(Nc1ccc2c(c1)OCCCO2)c1ccc(OCC2CCCO2)cc1. The lowest BCUT2D eigenvalue weighted by atomic mass is 10.2. The molecule has 2 aliphatic rings. The zero-order valence-electron chi connectivity index (χ0n) is 15.1. The van der Waals surface area contributed by atoms with Crippen molar-refractivity contribution < 1.29 is 23.7 Å². The Morgan fingerprint density at radius 1 is 1.00 bits per heavy atom. The van der Waals surface area contributed by atoms with Gasteiger partial charge in [0.2, 0.25) is 0 Å². The van der Waals surface area contributed by atoms with Crippen molar-refractivity contribution in [1.29, 1.82) is 0 Å². The van der Waals surface area contributed by atoms with E-state index in [2.05, 4.69) is 5.32 Å². The van der Waals surface area contributed by atoms with E-state index in [1.165, 1.54) is 0 Å². The molecule has 1 saturated heterocycles. The fourth-order valence-corrected chi connectivity index (χ4v) is 3.11. The van der Waals surface area contributed by atoms with Gasteiger partial charge in [0.15, 0.2) is 11.5 Å². The molecule has 2 aromatic carbocycles. The van der Waals surface area contributed by atoms with Crippen LogP contribution in [0.15, 0.2) is 42.5 Å². The average molecular weight is 369 g/mol. The van der Waals surface area contributed by atoms with Crippen molar-refractivity contribution in [3.05, 3.63) is 48.0 Å². The minimum Gasteiger partial charge on any atom is -0.491 e. The van der Waals surface area contributed by atoms with Crippen LogP contribution in [0.1, 0.15) is 29.6 Å². The lowest BCUT2D eigenvalue weighted by Crippen LogP contribution is -2.16. The van der Waals surface area contributed by atoms with Crippen LogP contribution in [0.3, 0.4) is 0 Å². The molecule has 0 saturated carbocycles. The molecular formula is C21H23NO5. The minimum atomic E-state index is -0.185. The van der Waals surface area contributed by atoms with E-state index in [4.69, 9.17) is 18.9 Å². The first-order valence-corrected chi connectivity index (χ1v) is 9.33. The summed E-state index contributed by atoms with van der Waals surface area (Å²) in [5, 5.41) is 2.89. The molecule has 2 aliphatic heterocycles. The van der Waals surface area contributed by atoms with E-state index in [-0.39, 0.29) is 12.0 Å². The second-order valence-corrected chi connectivity index (χ2v) is 6.64. The van der Waals surface area contributed by atoms with Crippen molar-refractivity contribution in [2.45, 2.75) is 25.4 Å². The molecule has 1 amide bonds. The van der Waals surface area contributed by atoms with Crippen molar-refractivity contribution in [2.75, 3.05) is 31.7 Å². The smallest absolute Gasteiger partial charge is 0.255 e. The Labute approximate surface area is 158 Å². The highest BCUT2D eigenvalue weighted by Gasteiger charge is 2.16. The van der Waals surface area contributed by atoms with Gasteiger partial charge in [-0.2, -0.15) is 0 Å². The van der Waals surface area contributed by atoms with Gasteiger partial charge in [0.25, 0.3) is 5.91 Å². The summed E-state index contributed by atoms with van der Waals surface area (Å²) >= 11 is 0. The minimum absolute atomic E-state index is 0.174. The van der Waals surface area contributed by atoms with Gasteiger partial charge in [0.1, 0.15) is 12.4 Å². The molecule has 27 heavy (non-hydrogen) atoms. The third-order valence-electron chi connectivity index (χ3n) is 4.58. The Morgan fingerprint density at radius 3 is 2.59 bits per heavy atom. The summed E-state index contributed by atoms with van der Waals surface area (Å²) in [6.45, 7) is 2.60. The second kappa shape index (κ2) is 8.31. The molecule has 0 bridgehead atoms. The molecular weight excluding hydrogens is 346 g/mol. The zero-order chi connectivity index (χ0) is 18.5. The lowest BCUT2D eigenvalue weighted by molar-refractivity contribution is 0.0679. The first-order valence-electron chi connectivity index (χ1n) is 9.33. The van der Waals surface area contributed by atoms with Crippen LogP contribution in [0.25, 0.3) is 0 Å². The Kier molecular flexibility index (Phi) is 5.44. The maximum absolute atomic E-state index is 12.5. The molecule has 2 heterocycles. The summed E-state index contributed by atoms with van der Waals surface area (Å²) in [6.07, 6.45) is 3.15. The fourth-order valence-electron chi connectivity index (χ4n) is 3.11. The van der Waals surface area contributed by atoms with E-state index in [9.17, 15) is 4.79 Å². The molecule has 6 heteroatoms. The number of amides is 1. The number of carbonyl (C=O) groups excluding carboxylic acids is 1. The molecule has 0 spiro atoms. The van der Waals surface area contributed by atoms with Gasteiger partial charge in [0.05, 0.1) is 19.3 Å². The topological polar surface area (TPSA) is 66.0 Å². The number of fused-ring (bicyclic) bond motifs is 1. The van der Waals surface area contributed by atoms with E-state index in [0.29, 0.717) is 42.6 Å². The van der Waals surface area contributed by atoms with Gasteiger partial charge in [-0.25, -0.2) is 0 Å². The van der Waals surface area contributed by atoms with Gasteiger partial charge in [0, 0.05) is 30.3 Å². The predicted molar refractivity (Wildman–Crippen MR) is 101 cm³/mol. The van der Waals surface area contributed by atoms with Crippen LogP contribution in [-0.2, 0) is 4.74 Å². The summed E-state index contributed by atoms with van der Waals surface area (Å²) in [5.41, 5.74) is 1.23. The summed E-state index contributed by atoms with van der Waals surface area (Å²) in [6, 6.07) is 12.5. The van der Waals surface area contributed by atoms with Crippen LogP contribution < -0.4 is 19.5 Å². The van der Waals surface area contributed by atoms with Gasteiger partial charge < -0.3 is 24.3 Å².